The molecular weight excluding hydrogens is 334 g/mol. The number of benzene rings is 2. The van der Waals surface area contributed by atoms with Crippen LogP contribution in [0.3, 0.4) is 0 Å². The third-order valence-electron chi connectivity index (χ3n) is 4.99. The van der Waals surface area contributed by atoms with Crippen LogP contribution in [-0.2, 0) is 28.7 Å². The molecule has 2 unspecified atom stereocenters. The molecule has 0 saturated carbocycles. The maximum atomic E-state index is 5.27. The lowest BCUT2D eigenvalue weighted by molar-refractivity contribution is 0.407. The van der Waals surface area contributed by atoms with E-state index in [1.807, 2.05) is 0 Å². The molecule has 2 heterocycles. The van der Waals surface area contributed by atoms with Gasteiger partial charge in [-0.3, -0.25) is 0 Å². The number of ether oxygens (including phenoxy) is 2. The Morgan fingerprint density at radius 2 is 1.15 bits per heavy atom. The van der Waals surface area contributed by atoms with Gasteiger partial charge in [0.1, 0.15) is 0 Å². The van der Waals surface area contributed by atoms with Crippen LogP contribution in [0.5, 0.6) is 0 Å². The largest absolute Gasteiger partial charge is 0.373 e. The van der Waals surface area contributed by atoms with Crippen LogP contribution in [0.2, 0.25) is 0 Å². The fourth-order valence-electron chi connectivity index (χ4n) is 3.11. The van der Waals surface area contributed by atoms with Crippen LogP contribution in [0.25, 0.3) is 0 Å². The highest BCUT2D eigenvalue weighted by molar-refractivity contribution is 5.31. The van der Waals surface area contributed by atoms with E-state index in [0.717, 1.165) is 39.0 Å². The number of hydrogen-bond acceptors (Lipinski definition) is 3. The summed E-state index contributed by atoms with van der Waals surface area (Å²) in [6.45, 7) is 4.89. The van der Waals surface area contributed by atoms with Crippen molar-refractivity contribution in [3.8, 4) is 0 Å². The van der Waals surface area contributed by atoms with Crippen molar-refractivity contribution in [1.82, 2.24) is 0 Å². The maximum Gasteiger partial charge on any atom is 0.0850 e. The van der Waals surface area contributed by atoms with Gasteiger partial charge in [-0.25, -0.2) is 0 Å². The highest BCUT2D eigenvalue weighted by Gasteiger charge is 2.23. The molecule has 2 saturated heterocycles. The highest BCUT2D eigenvalue weighted by Crippen LogP contribution is 2.19. The van der Waals surface area contributed by atoms with Gasteiger partial charge in [-0.15, -0.1) is 0 Å². The second-order valence-electron chi connectivity index (χ2n) is 7.62. The molecule has 0 aromatic heterocycles. The van der Waals surface area contributed by atoms with E-state index >= 15 is 0 Å². The smallest absolute Gasteiger partial charge is 0.0850 e. The SMILES string of the molecule is CCCCCN.c1cc(CC2CO2)ccc1Cc1ccc(CC2CO2)cc1. The normalized spacial score (nSPS) is 19.9. The van der Waals surface area contributed by atoms with E-state index in [1.165, 1.54) is 41.5 Å². The van der Waals surface area contributed by atoms with Crippen LogP contribution >= 0.6 is 0 Å². The summed E-state index contributed by atoms with van der Waals surface area (Å²) in [6.07, 6.45) is 7.80. The van der Waals surface area contributed by atoms with Crippen molar-refractivity contribution in [2.75, 3.05) is 19.8 Å². The van der Waals surface area contributed by atoms with Crippen LogP contribution in [0.1, 0.15) is 48.4 Å². The zero-order valence-electron chi connectivity index (χ0n) is 16.5. The lowest BCUT2D eigenvalue weighted by atomic mass is 10.0. The van der Waals surface area contributed by atoms with E-state index < -0.39 is 0 Å². The number of epoxide rings is 2. The van der Waals surface area contributed by atoms with Crippen molar-refractivity contribution in [2.24, 2.45) is 5.73 Å². The Balaban J connectivity index is 0.000000307. The molecule has 27 heavy (non-hydrogen) atoms. The van der Waals surface area contributed by atoms with Crippen LogP contribution in [-0.4, -0.2) is 32.0 Å². The Morgan fingerprint density at radius 1 is 0.741 bits per heavy atom. The average molecular weight is 368 g/mol. The van der Waals surface area contributed by atoms with Crippen molar-refractivity contribution in [3.05, 3.63) is 70.8 Å². The van der Waals surface area contributed by atoms with Gasteiger partial charge in [0.15, 0.2) is 0 Å². The van der Waals surface area contributed by atoms with Gasteiger partial charge in [0.25, 0.3) is 0 Å². The number of nitrogens with two attached hydrogens (primary N) is 1. The summed E-state index contributed by atoms with van der Waals surface area (Å²) in [4.78, 5) is 0. The molecule has 0 aliphatic carbocycles. The first-order chi connectivity index (χ1) is 13.3. The van der Waals surface area contributed by atoms with Gasteiger partial charge >= 0.3 is 0 Å². The van der Waals surface area contributed by atoms with Gasteiger partial charge < -0.3 is 15.2 Å². The summed E-state index contributed by atoms with van der Waals surface area (Å²) < 4.78 is 10.5. The monoisotopic (exact) mass is 367 g/mol. The molecule has 2 atom stereocenters. The Morgan fingerprint density at radius 3 is 1.44 bits per heavy atom. The molecule has 0 spiro atoms. The molecule has 3 nitrogen and oxygen atoms in total. The first kappa shape index (κ1) is 20.1. The molecule has 3 heteroatoms. The molecule has 2 aliphatic heterocycles. The van der Waals surface area contributed by atoms with Gasteiger partial charge in [-0.05, 0) is 41.6 Å². The first-order valence-electron chi connectivity index (χ1n) is 10.4. The molecule has 0 bridgehead atoms. The second-order valence-corrected chi connectivity index (χ2v) is 7.62. The van der Waals surface area contributed by atoms with E-state index in [9.17, 15) is 0 Å². The first-order valence-corrected chi connectivity index (χ1v) is 10.4. The fraction of sp³-hybridized carbons (Fsp3) is 0.500. The number of rotatable bonds is 9. The van der Waals surface area contributed by atoms with E-state index in [-0.39, 0.29) is 0 Å². The molecule has 4 rings (SSSR count). The Labute approximate surface area is 163 Å². The second kappa shape index (κ2) is 10.6. The third kappa shape index (κ3) is 7.84. The van der Waals surface area contributed by atoms with Crippen molar-refractivity contribution >= 4 is 0 Å². The lowest BCUT2D eigenvalue weighted by Gasteiger charge is -2.05. The standard InChI is InChI=1S/C19H20O2.C5H13N/c1-5-16(10-18-12-20-18)6-2-14(1)9-15-3-7-17(8-4-15)11-19-13-21-19;1-2-3-4-5-6/h1-8,18-19H,9-13H2;2-6H2,1H3. The van der Waals surface area contributed by atoms with Crippen LogP contribution in [0, 0.1) is 0 Å². The summed E-state index contributed by atoms with van der Waals surface area (Å²) >= 11 is 0. The van der Waals surface area contributed by atoms with Gasteiger partial charge in [-0.2, -0.15) is 0 Å². The van der Waals surface area contributed by atoms with Crippen molar-refractivity contribution < 1.29 is 9.47 Å². The molecule has 2 aliphatic rings. The van der Waals surface area contributed by atoms with Crippen LogP contribution < -0.4 is 5.73 Å². The summed E-state index contributed by atoms with van der Waals surface area (Å²) in [5, 5.41) is 0. The van der Waals surface area contributed by atoms with Gasteiger partial charge in [0.2, 0.25) is 0 Å². The molecule has 0 radical (unpaired) electrons. The van der Waals surface area contributed by atoms with E-state index in [1.54, 1.807) is 0 Å². The quantitative estimate of drug-likeness (QED) is 0.531. The Kier molecular flexibility index (Phi) is 7.88. The number of hydrogen-bond donors (Lipinski definition) is 1. The Hall–Kier alpha value is -1.68. The van der Waals surface area contributed by atoms with Gasteiger partial charge in [0.05, 0.1) is 25.4 Å². The van der Waals surface area contributed by atoms with Crippen molar-refractivity contribution in [3.63, 3.8) is 0 Å². The van der Waals surface area contributed by atoms with E-state index in [2.05, 4.69) is 55.5 Å². The summed E-state index contributed by atoms with van der Waals surface area (Å²) in [5.74, 6) is 0. The van der Waals surface area contributed by atoms with E-state index in [0.29, 0.717) is 12.2 Å². The van der Waals surface area contributed by atoms with Crippen LogP contribution in [0.15, 0.2) is 48.5 Å². The maximum absolute atomic E-state index is 5.27. The third-order valence-corrected chi connectivity index (χ3v) is 4.99. The van der Waals surface area contributed by atoms with Crippen LogP contribution in [0.4, 0.5) is 0 Å². The highest BCUT2D eigenvalue weighted by atomic mass is 16.6. The predicted molar refractivity (Wildman–Crippen MR) is 111 cm³/mol. The molecule has 2 fully saturated rings. The fourth-order valence-corrected chi connectivity index (χ4v) is 3.11. The minimum atomic E-state index is 0.471. The van der Waals surface area contributed by atoms with Crippen molar-refractivity contribution in [1.29, 1.82) is 0 Å². The van der Waals surface area contributed by atoms with Gasteiger partial charge in [-0.1, -0.05) is 68.3 Å². The molecular formula is C24H33NO2. The summed E-state index contributed by atoms with van der Waals surface area (Å²) in [5.41, 5.74) is 10.7. The minimum Gasteiger partial charge on any atom is -0.373 e. The summed E-state index contributed by atoms with van der Waals surface area (Å²) in [7, 11) is 0. The average Bonchev–Trinajstić information content (AvgIpc) is 3.61. The zero-order chi connectivity index (χ0) is 18.9. The molecule has 0 amide bonds. The van der Waals surface area contributed by atoms with Crippen molar-refractivity contribution in [2.45, 2.75) is 57.7 Å². The molecule has 2 N–H and O–H groups in total. The molecule has 146 valence electrons. The topological polar surface area (TPSA) is 51.1 Å². The molecule has 2 aromatic carbocycles. The lowest BCUT2D eigenvalue weighted by Crippen LogP contribution is -1.96. The summed E-state index contributed by atoms with van der Waals surface area (Å²) in [6, 6.07) is 17.9. The number of unbranched alkanes of at least 4 members (excludes halogenated alkanes) is 2. The predicted octanol–water partition coefficient (Wildman–Crippen LogP) is 4.30. The molecule has 2 aromatic rings. The minimum absolute atomic E-state index is 0.471. The van der Waals surface area contributed by atoms with E-state index in [4.69, 9.17) is 15.2 Å². The van der Waals surface area contributed by atoms with Gasteiger partial charge in [0, 0.05) is 12.8 Å². The zero-order valence-corrected chi connectivity index (χ0v) is 16.5. The Bertz CT molecular complexity index is 598.